The standard InChI is InChI=1S/C34H48N2O6/c1-6-9-10-14-22-41-32(40)28-27-30(38)36(20-12-11-13-21-37)29(34(27)18-17-33(28,8-3)42-34)31(39)35(19-7-2)26-23-24(4)15-16-25(26)5/h6-7,15-16,23,27-29,37H,1-2,8-14,17-22H2,3-5H3/t27-,28+,29?,33-,34?/m0/s1. The van der Waals surface area contributed by atoms with Crippen LogP contribution in [0.2, 0.25) is 0 Å². The quantitative estimate of drug-likeness (QED) is 0.167. The highest BCUT2D eigenvalue weighted by Gasteiger charge is 2.79. The number of rotatable bonds is 16. The van der Waals surface area contributed by atoms with Gasteiger partial charge in [-0.2, -0.15) is 0 Å². The largest absolute Gasteiger partial charge is 0.465 e. The maximum Gasteiger partial charge on any atom is 0.312 e. The summed E-state index contributed by atoms with van der Waals surface area (Å²) in [5.74, 6) is -2.36. The Morgan fingerprint density at radius 2 is 1.93 bits per heavy atom. The summed E-state index contributed by atoms with van der Waals surface area (Å²) < 4.78 is 12.7. The smallest absolute Gasteiger partial charge is 0.312 e. The normalized spacial score (nSPS) is 27.7. The number of anilines is 1. The van der Waals surface area contributed by atoms with E-state index in [-0.39, 0.29) is 31.6 Å². The Labute approximate surface area is 250 Å². The third kappa shape index (κ3) is 5.68. The number of unbranched alkanes of at least 4 members (excludes halogenated alkanes) is 4. The number of hydrogen-bond donors (Lipinski definition) is 1. The number of benzene rings is 1. The molecule has 8 heteroatoms. The molecule has 0 saturated carbocycles. The Balaban J connectivity index is 1.73. The number of fused-ring (bicyclic) bond motifs is 1. The summed E-state index contributed by atoms with van der Waals surface area (Å²) in [5, 5.41) is 9.32. The number of amides is 2. The van der Waals surface area contributed by atoms with Crippen LogP contribution in [0.4, 0.5) is 5.69 Å². The van der Waals surface area contributed by atoms with Gasteiger partial charge in [0.2, 0.25) is 5.91 Å². The number of esters is 1. The molecule has 2 amide bonds. The van der Waals surface area contributed by atoms with Crippen LogP contribution in [-0.4, -0.2) is 71.3 Å². The van der Waals surface area contributed by atoms with Crippen LogP contribution in [0.1, 0.15) is 75.8 Å². The highest BCUT2D eigenvalue weighted by atomic mass is 16.6. The van der Waals surface area contributed by atoms with E-state index in [1.165, 1.54) is 0 Å². The molecular weight excluding hydrogens is 532 g/mol. The molecule has 0 aromatic heterocycles. The minimum atomic E-state index is -1.11. The van der Waals surface area contributed by atoms with Crippen molar-refractivity contribution in [2.24, 2.45) is 11.8 Å². The molecule has 1 N–H and O–H groups in total. The van der Waals surface area contributed by atoms with Crippen molar-refractivity contribution in [1.29, 1.82) is 0 Å². The number of aliphatic hydroxyl groups is 1. The summed E-state index contributed by atoms with van der Waals surface area (Å²) in [7, 11) is 0. The zero-order valence-electron chi connectivity index (χ0n) is 25.6. The van der Waals surface area contributed by atoms with E-state index in [0.29, 0.717) is 38.6 Å². The van der Waals surface area contributed by atoms with Crippen molar-refractivity contribution in [3.63, 3.8) is 0 Å². The number of aryl methyl sites for hydroxylation is 2. The maximum absolute atomic E-state index is 14.8. The van der Waals surface area contributed by atoms with E-state index in [2.05, 4.69) is 13.2 Å². The van der Waals surface area contributed by atoms with E-state index in [1.54, 1.807) is 15.9 Å². The predicted molar refractivity (Wildman–Crippen MR) is 163 cm³/mol. The molecule has 230 valence electrons. The van der Waals surface area contributed by atoms with Gasteiger partial charge in [0.25, 0.3) is 5.91 Å². The van der Waals surface area contributed by atoms with Crippen LogP contribution >= 0.6 is 0 Å². The fourth-order valence-corrected chi connectivity index (χ4v) is 7.41. The lowest BCUT2D eigenvalue weighted by molar-refractivity contribution is -0.161. The minimum absolute atomic E-state index is 0.0749. The summed E-state index contributed by atoms with van der Waals surface area (Å²) in [6.45, 7) is 14.6. The number of carbonyl (C=O) groups is 3. The average Bonchev–Trinajstić information content (AvgIpc) is 3.58. The topological polar surface area (TPSA) is 96.4 Å². The van der Waals surface area contributed by atoms with Crippen molar-refractivity contribution in [3.05, 3.63) is 54.6 Å². The second kappa shape index (κ2) is 13.6. The third-order valence-corrected chi connectivity index (χ3v) is 9.51. The summed E-state index contributed by atoms with van der Waals surface area (Å²) in [4.78, 5) is 46.2. The van der Waals surface area contributed by atoms with Gasteiger partial charge in [0, 0.05) is 25.4 Å². The van der Waals surface area contributed by atoms with Gasteiger partial charge in [0.05, 0.1) is 18.1 Å². The van der Waals surface area contributed by atoms with Crippen molar-refractivity contribution >= 4 is 23.5 Å². The van der Waals surface area contributed by atoms with Gasteiger partial charge >= 0.3 is 5.97 Å². The minimum Gasteiger partial charge on any atom is -0.465 e. The highest BCUT2D eigenvalue weighted by Crippen LogP contribution is 2.64. The second-order valence-electron chi connectivity index (χ2n) is 12.1. The van der Waals surface area contributed by atoms with Gasteiger partial charge < -0.3 is 24.4 Å². The van der Waals surface area contributed by atoms with E-state index < -0.39 is 35.0 Å². The molecule has 5 atom stereocenters. The van der Waals surface area contributed by atoms with Gasteiger partial charge in [0.1, 0.15) is 17.6 Å². The number of aliphatic hydroxyl groups excluding tert-OH is 1. The lowest BCUT2D eigenvalue weighted by Gasteiger charge is -2.37. The number of carbonyl (C=O) groups excluding carboxylic acids is 3. The van der Waals surface area contributed by atoms with Gasteiger partial charge in [-0.15, -0.1) is 13.2 Å². The SMILES string of the molecule is C=CCCCCOC(=O)[C@H]1[C@H]2C(=O)N(CCCCCO)C(C(=O)N(CC=C)c3cc(C)ccc3C)C23CC[C@]1(CC)O3. The van der Waals surface area contributed by atoms with Crippen LogP contribution in [0, 0.1) is 25.7 Å². The van der Waals surface area contributed by atoms with Gasteiger partial charge in [-0.3, -0.25) is 14.4 Å². The van der Waals surface area contributed by atoms with Crippen LogP contribution < -0.4 is 4.90 Å². The van der Waals surface area contributed by atoms with Gasteiger partial charge in [-0.05, 0) is 88.8 Å². The van der Waals surface area contributed by atoms with Gasteiger partial charge in [-0.25, -0.2) is 0 Å². The van der Waals surface area contributed by atoms with E-state index >= 15 is 0 Å². The Morgan fingerprint density at radius 1 is 1.14 bits per heavy atom. The molecule has 42 heavy (non-hydrogen) atoms. The number of hydrogen-bond acceptors (Lipinski definition) is 6. The second-order valence-corrected chi connectivity index (χ2v) is 12.1. The Kier molecular flexibility index (Phi) is 10.3. The molecule has 1 spiro atoms. The van der Waals surface area contributed by atoms with Crippen LogP contribution in [0.25, 0.3) is 0 Å². The van der Waals surface area contributed by atoms with E-state index in [0.717, 1.165) is 42.5 Å². The van der Waals surface area contributed by atoms with E-state index in [4.69, 9.17) is 9.47 Å². The zero-order chi connectivity index (χ0) is 30.5. The van der Waals surface area contributed by atoms with E-state index in [1.807, 2.05) is 45.0 Å². The molecule has 3 aliphatic heterocycles. The first kappa shape index (κ1) is 32.0. The number of likely N-dealkylation sites (tertiary alicyclic amines) is 1. The molecule has 2 unspecified atom stereocenters. The molecule has 2 bridgehead atoms. The van der Waals surface area contributed by atoms with Crippen molar-refractivity contribution in [3.8, 4) is 0 Å². The molecule has 3 aliphatic rings. The first-order chi connectivity index (χ1) is 20.2. The molecule has 3 heterocycles. The van der Waals surface area contributed by atoms with Crippen molar-refractivity contribution in [1.82, 2.24) is 4.90 Å². The van der Waals surface area contributed by atoms with Gasteiger partial charge in [0.15, 0.2) is 0 Å². The molecule has 3 fully saturated rings. The van der Waals surface area contributed by atoms with Crippen LogP contribution in [-0.2, 0) is 23.9 Å². The fraction of sp³-hybridized carbons (Fsp3) is 0.618. The van der Waals surface area contributed by atoms with Crippen LogP contribution in [0.15, 0.2) is 43.5 Å². The Bertz CT molecular complexity index is 1180. The summed E-state index contributed by atoms with van der Waals surface area (Å²) in [6.07, 6.45) is 9.65. The third-order valence-electron chi connectivity index (χ3n) is 9.51. The summed E-state index contributed by atoms with van der Waals surface area (Å²) in [6, 6.07) is 5.12. The number of ether oxygens (including phenoxy) is 2. The van der Waals surface area contributed by atoms with Crippen LogP contribution in [0.5, 0.6) is 0 Å². The lowest BCUT2D eigenvalue weighted by Crippen LogP contribution is -2.56. The maximum atomic E-state index is 14.8. The Hall–Kier alpha value is -2.97. The van der Waals surface area contributed by atoms with E-state index in [9.17, 15) is 19.5 Å². The fourth-order valence-electron chi connectivity index (χ4n) is 7.41. The molecule has 4 rings (SSSR count). The molecule has 3 saturated heterocycles. The number of nitrogens with zero attached hydrogens (tertiary/aromatic N) is 2. The average molecular weight is 581 g/mol. The molecule has 1 aromatic carbocycles. The molecule has 8 nitrogen and oxygen atoms in total. The molecule has 0 aliphatic carbocycles. The molecule has 0 radical (unpaired) electrons. The number of allylic oxidation sites excluding steroid dienone is 1. The summed E-state index contributed by atoms with van der Waals surface area (Å²) >= 11 is 0. The van der Waals surface area contributed by atoms with Crippen molar-refractivity contribution < 1.29 is 29.0 Å². The highest BCUT2D eigenvalue weighted by molar-refractivity contribution is 6.05. The van der Waals surface area contributed by atoms with Crippen molar-refractivity contribution in [2.75, 3.05) is 31.2 Å². The Morgan fingerprint density at radius 3 is 2.62 bits per heavy atom. The monoisotopic (exact) mass is 580 g/mol. The first-order valence-corrected chi connectivity index (χ1v) is 15.6. The van der Waals surface area contributed by atoms with Crippen molar-refractivity contribution in [2.45, 2.75) is 95.8 Å². The summed E-state index contributed by atoms with van der Waals surface area (Å²) in [5.41, 5.74) is 0.813. The van der Waals surface area contributed by atoms with Gasteiger partial charge in [-0.1, -0.05) is 31.2 Å². The lowest BCUT2D eigenvalue weighted by atomic mass is 9.65. The first-order valence-electron chi connectivity index (χ1n) is 15.6. The molecular formula is C34H48N2O6. The zero-order valence-corrected chi connectivity index (χ0v) is 25.6. The predicted octanol–water partition coefficient (Wildman–Crippen LogP) is 5.04. The molecule has 1 aromatic rings. The van der Waals surface area contributed by atoms with Crippen LogP contribution in [0.3, 0.4) is 0 Å².